The van der Waals surface area contributed by atoms with Crippen molar-refractivity contribution < 1.29 is 19.0 Å². The Kier molecular flexibility index (Phi) is 7.19. The van der Waals surface area contributed by atoms with Crippen LogP contribution in [0.1, 0.15) is 37.3 Å². The molecular weight excluding hydrogens is 412 g/mol. The van der Waals surface area contributed by atoms with E-state index in [-0.39, 0.29) is 30.8 Å². The Hall–Kier alpha value is -3.75. The van der Waals surface area contributed by atoms with E-state index in [1.54, 1.807) is 17.9 Å². The second kappa shape index (κ2) is 10.0. The first-order chi connectivity index (χ1) is 15.3. The molecule has 1 amide bonds. The molecule has 0 aliphatic carbocycles. The second-order valence-electron chi connectivity index (χ2n) is 7.65. The van der Waals surface area contributed by atoms with Crippen molar-refractivity contribution in [2.24, 2.45) is 0 Å². The van der Waals surface area contributed by atoms with E-state index in [0.717, 1.165) is 17.5 Å². The molecule has 0 saturated heterocycles. The van der Waals surface area contributed by atoms with E-state index in [1.807, 2.05) is 45.0 Å². The maximum absolute atomic E-state index is 12.9. The van der Waals surface area contributed by atoms with Crippen LogP contribution in [0.3, 0.4) is 0 Å². The monoisotopic (exact) mass is 438 g/mol. The van der Waals surface area contributed by atoms with Crippen LogP contribution in [0.5, 0.6) is 5.75 Å². The van der Waals surface area contributed by atoms with Gasteiger partial charge in [0.15, 0.2) is 6.61 Å². The second-order valence-corrected chi connectivity index (χ2v) is 7.65. The quantitative estimate of drug-likeness (QED) is 0.358. The van der Waals surface area contributed by atoms with Crippen LogP contribution in [0.15, 0.2) is 47.0 Å². The van der Waals surface area contributed by atoms with Crippen LogP contribution in [-0.4, -0.2) is 38.5 Å². The lowest BCUT2D eigenvalue weighted by Gasteiger charge is -2.27. The number of hydrogen-bond donors (Lipinski definition) is 0. The van der Waals surface area contributed by atoms with E-state index < -0.39 is 4.92 Å². The first kappa shape index (κ1) is 22.9. The molecule has 3 rings (SSSR count). The molecule has 0 spiro atoms. The standard InChI is InChI=1S/C23H26N4O5/c1-5-17(4)26(13-21-24-23(25-32-21)18-8-6-7-15(2)11-18)22(28)14-31-19-9-10-20(27(29)30)16(3)12-19/h6-12,17H,5,13-14H2,1-4H3. The highest BCUT2D eigenvalue weighted by Gasteiger charge is 2.23. The van der Waals surface area contributed by atoms with Crippen molar-refractivity contribution in [2.45, 2.75) is 46.7 Å². The SMILES string of the molecule is CCC(C)N(Cc1nc(-c2cccc(C)c2)no1)C(=O)COc1ccc([N+](=O)[O-])c(C)c1. The summed E-state index contributed by atoms with van der Waals surface area (Å²) in [6.07, 6.45) is 0.737. The Morgan fingerprint density at radius 1 is 1.25 bits per heavy atom. The van der Waals surface area contributed by atoms with Gasteiger partial charge < -0.3 is 14.2 Å². The zero-order chi connectivity index (χ0) is 23.3. The summed E-state index contributed by atoms with van der Waals surface area (Å²) in [5.74, 6) is 0.954. The molecule has 2 aromatic carbocycles. The molecular formula is C23H26N4O5. The molecule has 0 aliphatic rings. The average Bonchev–Trinajstić information content (AvgIpc) is 3.24. The summed E-state index contributed by atoms with van der Waals surface area (Å²) in [5, 5.41) is 15.0. The topological polar surface area (TPSA) is 112 Å². The number of ether oxygens (including phenoxy) is 1. The zero-order valence-electron chi connectivity index (χ0n) is 18.6. The number of aromatic nitrogens is 2. The molecule has 0 saturated carbocycles. The molecule has 0 fully saturated rings. The first-order valence-electron chi connectivity index (χ1n) is 10.4. The van der Waals surface area contributed by atoms with Gasteiger partial charge in [-0.25, -0.2) is 0 Å². The third-order valence-corrected chi connectivity index (χ3v) is 5.22. The highest BCUT2D eigenvalue weighted by Crippen LogP contribution is 2.23. The minimum Gasteiger partial charge on any atom is -0.484 e. The minimum absolute atomic E-state index is 0.00529. The first-order valence-corrected chi connectivity index (χ1v) is 10.4. The number of aryl methyl sites for hydroxylation is 2. The number of benzene rings is 2. The Morgan fingerprint density at radius 3 is 2.69 bits per heavy atom. The van der Waals surface area contributed by atoms with E-state index in [2.05, 4.69) is 10.1 Å². The number of hydrogen-bond acceptors (Lipinski definition) is 7. The highest BCUT2D eigenvalue weighted by atomic mass is 16.6. The fourth-order valence-electron chi connectivity index (χ4n) is 3.23. The van der Waals surface area contributed by atoms with Crippen molar-refractivity contribution in [3.63, 3.8) is 0 Å². The Labute approximate surface area is 186 Å². The number of carbonyl (C=O) groups excluding carboxylic acids is 1. The molecule has 9 nitrogen and oxygen atoms in total. The number of carbonyl (C=O) groups is 1. The van der Waals surface area contributed by atoms with Gasteiger partial charge in [-0.3, -0.25) is 14.9 Å². The molecule has 1 atom stereocenters. The maximum Gasteiger partial charge on any atom is 0.272 e. The molecule has 0 aliphatic heterocycles. The molecule has 168 valence electrons. The Morgan fingerprint density at radius 2 is 2.03 bits per heavy atom. The molecule has 3 aromatic rings. The summed E-state index contributed by atoms with van der Waals surface area (Å²) in [6, 6.07) is 12.1. The normalized spacial score (nSPS) is 11.8. The summed E-state index contributed by atoms with van der Waals surface area (Å²) in [6.45, 7) is 7.49. The lowest BCUT2D eigenvalue weighted by Crippen LogP contribution is -2.40. The molecule has 9 heteroatoms. The fourth-order valence-corrected chi connectivity index (χ4v) is 3.23. The van der Waals surface area contributed by atoms with Crippen molar-refractivity contribution in [1.82, 2.24) is 15.0 Å². The third kappa shape index (κ3) is 5.48. The van der Waals surface area contributed by atoms with Crippen molar-refractivity contribution in [3.05, 3.63) is 69.6 Å². The molecule has 0 N–H and O–H groups in total. The van der Waals surface area contributed by atoms with E-state index in [0.29, 0.717) is 23.0 Å². The Balaban J connectivity index is 1.69. The summed E-state index contributed by atoms with van der Waals surface area (Å²) in [4.78, 5) is 29.5. The van der Waals surface area contributed by atoms with Crippen LogP contribution < -0.4 is 4.74 Å². The van der Waals surface area contributed by atoms with E-state index in [4.69, 9.17) is 9.26 Å². The van der Waals surface area contributed by atoms with Crippen LogP contribution in [0.25, 0.3) is 11.4 Å². The lowest BCUT2D eigenvalue weighted by molar-refractivity contribution is -0.385. The van der Waals surface area contributed by atoms with Gasteiger partial charge in [0.2, 0.25) is 11.7 Å². The molecule has 32 heavy (non-hydrogen) atoms. The highest BCUT2D eigenvalue weighted by molar-refractivity contribution is 5.78. The Bertz CT molecular complexity index is 1110. The lowest BCUT2D eigenvalue weighted by atomic mass is 10.1. The van der Waals surface area contributed by atoms with Gasteiger partial charge in [0.1, 0.15) is 12.3 Å². The minimum atomic E-state index is -0.454. The fraction of sp³-hybridized carbons (Fsp3) is 0.348. The van der Waals surface area contributed by atoms with Gasteiger partial charge in [-0.15, -0.1) is 0 Å². The van der Waals surface area contributed by atoms with Crippen LogP contribution in [0.2, 0.25) is 0 Å². The van der Waals surface area contributed by atoms with Gasteiger partial charge in [-0.2, -0.15) is 4.98 Å². The van der Waals surface area contributed by atoms with Gasteiger partial charge in [-0.1, -0.05) is 35.8 Å². The van der Waals surface area contributed by atoms with Crippen molar-refractivity contribution >= 4 is 11.6 Å². The van der Waals surface area contributed by atoms with Gasteiger partial charge in [-0.05, 0) is 45.4 Å². The van der Waals surface area contributed by atoms with Crippen LogP contribution in [0, 0.1) is 24.0 Å². The number of rotatable bonds is 9. The van der Waals surface area contributed by atoms with E-state index in [9.17, 15) is 14.9 Å². The van der Waals surface area contributed by atoms with Crippen LogP contribution in [-0.2, 0) is 11.3 Å². The van der Waals surface area contributed by atoms with Crippen molar-refractivity contribution in [3.8, 4) is 17.1 Å². The molecule has 1 heterocycles. The maximum atomic E-state index is 12.9. The molecule has 1 aromatic heterocycles. The zero-order valence-corrected chi connectivity index (χ0v) is 18.6. The number of nitro benzene ring substituents is 1. The van der Waals surface area contributed by atoms with Crippen molar-refractivity contribution in [2.75, 3.05) is 6.61 Å². The van der Waals surface area contributed by atoms with Crippen LogP contribution >= 0.6 is 0 Å². The molecule has 0 radical (unpaired) electrons. The molecule has 1 unspecified atom stereocenters. The number of nitrogens with zero attached hydrogens (tertiary/aromatic N) is 4. The summed E-state index contributed by atoms with van der Waals surface area (Å²) in [7, 11) is 0. The average molecular weight is 438 g/mol. The summed E-state index contributed by atoms with van der Waals surface area (Å²) < 4.78 is 11.0. The third-order valence-electron chi connectivity index (χ3n) is 5.22. The van der Waals surface area contributed by atoms with Crippen LogP contribution in [0.4, 0.5) is 5.69 Å². The predicted octanol–water partition coefficient (Wildman–Crippen LogP) is 4.47. The van der Waals surface area contributed by atoms with E-state index >= 15 is 0 Å². The number of nitro groups is 1. The molecule has 0 bridgehead atoms. The predicted molar refractivity (Wildman–Crippen MR) is 118 cm³/mol. The van der Waals surface area contributed by atoms with Gasteiger partial charge in [0.25, 0.3) is 11.6 Å². The smallest absolute Gasteiger partial charge is 0.272 e. The largest absolute Gasteiger partial charge is 0.484 e. The van der Waals surface area contributed by atoms with Gasteiger partial charge >= 0.3 is 0 Å². The van der Waals surface area contributed by atoms with E-state index in [1.165, 1.54) is 12.1 Å². The van der Waals surface area contributed by atoms with Gasteiger partial charge in [0.05, 0.1) is 4.92 Å². The summed E-state index contributed by atoms with van der Waals surface area (Å²) >= 11 is 0. The number of amides is 1. The summed E-state index contributed by atoms with van der Waals surface area (Å²) in [5.41, 5.74) is 2.40. The van der Waals surface area contributed by atoms with Gasteiger partial charge in [0, 0.05) is 23.2 Å². The van der Waals surface area contributed by atoms with Crippen molar-refractivity contribution in [1.29, 1.82) is 0 Å².